The number of rotatable bonds is 12. The topological polar surface area (TPSA) is 24.5 Å². The summed E-state index contributed by atoms with van der Waals surface area (Å²) in [4.78, 5) is 0. The van der Waals surface area contributed by atoms with Crippen LogP contribution >= 0.6 is 0 Å². The highest BCUT2D eigenvalue weighted by Gasteiger charge is 2.76. The fourth-order valence-corrected chi connectivity index (χ4v) is 9.49. The molecule has 52 heavy (non-hydrogen) atoms. The predicted molar refractivity (Wildman–Crippen MR) is 217 cm³/mol. The molecule has 0 amide bonds. The van der Waals surface area contributed by atoms with Crippen LogP contribution in [0.5, 0.6) is 11.5 Å². The van der Waals surface area contributed by atoms with Crippen LogP contribution in [0.3, 0.4) is 0 Å². The molecule has 6 heteroatoms. The Morgan fingerprint density at radius 1 is 0.673 bits per heavy atom. The van der Waals surface area contributed by atoms with E-state index in [0.29, 0.717) is 12.1 Å². The highest BCUT2D eigenvalue weighted by Crippen LogP contribution is 2.49. The molecule has 6 rings (SSSR count). The SMILES string of the molecule is CCCCC(CCC[N+](C)(C)C)(CCC[N+](C)(C)C)c1ccc2c(c1)C=[N+]1C3CCCCC3[N+]3=Cc4cc(C(C)(C)C)cc(C(C)(C)C)c4OC13O2. The van der Waals surface area contributed by atoms with Gasteiger partial charge in [0.15, 0.2) is 23.9 Å². The molecule has 0 N–H and O–H groups in total. The molecular weight excluding hydrogens is 641 g/mol. The third-order valence-corrected chi connectivity index (χ3v) is 12.5. The third-order valence-electron chi connectivity index (χ3n) is 12.5. The summed E-state index contributed by atoms with van der Waals surface area (Å²) in [6.07, 6.45) is 18.3. The minimum absolute atomic E-state index is 0.0400. The first-order chi connectivity index (χ1) is 24.2. The van der Waals surface area contributed by atoms with Crippen LogP contribution in [0.15, 0.2) is 30.3 Å². The van der Waals surface area contributed by atoms with Crippen molar-refractivity contribution in [2.75, 3.05) is 55.4 Å². The van der Waals surface area contributed by atoms with E-state index < -0.39 is 6.03 Å². The van der Waals surface area contributed by atoms with E-state index in [2.05, 4.69) is 143 Å². The van der Waals surface area contributed by atoms with Crippen molar-refractivity contribution < 1.29 is 27.6 Å². The van der Waals surface area contributed by atoms with Crippen LogP contribution < -0.4 is 9.47 Å². The largest absolute Gasteiger partial charge is 0.704 e. The van der Waals surface area contributed by atoms with E-state index in [9.17, 15) is 0 Å². The lowest BCUT2D eigenvalue weighted by molar-refractivity contribution is -0.870. The van der Waals surface area contributed by atoms with Gasteiger partial charge < -0.3 is 18.4 Å². The average molecular weight is 715 g/mol. The van der Waals surface area contributed by atoms with E-state index in [1.807, 2.05) is 0 Å². The summed E-state index contributed by atoms with van der Waals surface area (Å²) < 4.78 is 21.7. The molecule has 2 aromatic rings. The molecule has 6 nitrogen and oxygen atoms in total. The van der Waals surface area contributed by atoms with Crippen molar-refractivity contribution in [3.63, 3.8) is 0 Å². The van der Waals surface area contributed by atoms with Gasteiger partial charge in [-0.3, -0.25) is 0 Å². The molecule has 3 aliphatic heterocycles. The fourth-order valence-electron chi connectivity index (χ4n) is 9.49. The zero-order valence-electron chi connectivity index (χ0n) is 35.5. The molecule has 0 bridgehead atoms. The second-order valence-corrected chi connectivity index (χ2v) is 21.1. The lowest BCUT2D eigenvalue weighted by Crippen LogP contribution is -2.60. The molecular formula is C46H74N4O2+4. The predicted octanol–water partition coefficient (Wildman–Crippen LogP) is 8.97. The van der Waals surface area contributed by atoms with Gasteiger partial charge in [-0.1, -0.05) is 82.6 Å². The van der Waals surface area contributed by atoms with Crippen molar-refractivity contribution in [1.29, 1.82) is 0 Å². The van der Waals surface area contributed by atoms with Gasteiger partial charge in [0.2, 0.25) is 12.1 Å². The standard InChI is InChI=1S/C46H74N4O2/c1-14-15-24-45(25-18-27-49(8,9)10,26-19-28-50(11,12)13)36-22-23-41-34(29-36)32-47-39-20-16-17-21-40(39)48-33-35-30-37(43(2,3)4)31-38(44(5,6)7)42(35)52-46(47,48)51-41/h22-23,29-33,39-40H,14-21,24-28H2,1-13H3/q+4. The normalized spacial score (nSPS) is 22.9. The van der Waals surface area contributed by atoms with Crippen molar-refractivity contribution in [2.45, 2.75) is 153 Å². The van der Waals surface area contributed by atoms with E-state index in [0.717, 1.165) is 33.3 Å². The number of ether oxygens (including phenoxy) is 2. The van der Waals surface area contributed by atoms with Crippen LogP contribution in [0, 0.1) is 0 Å². The zero-order valence-corrected chi connectivity index (χ0v) is 35.5. The Morgan fingerprint density at radius 2 is 1.21 bits per heavy atom. The quantitative estimate of drug-likeness (QED) is 0.162. The van der Waals surface area contributed by atoms with Gasteiger partial charge in [-0.15, -0.1) is 0 Å². The number of hydrogen-bond acceptors (Lipinski definition) is 2. The molecule has 1 aliphatic carbocycles. The fraction of sp³-hybridized carbons (Fsp3) is 0.696. The maximum atomic E-state index is 7.41. The zero-order chi connectivity index (χ0) is 37.9. The van der Waals surface area contributed by atoms with Crippen LogP contribution in [0.25, 0.3) is 0 Å². The molecule has 0 radical (unpaired) electrons. The van der Waals surface area contributed by atoms with Gasteiger partial charge in [0.05, 0.1) is 66.5 Å². The summed E-state index contributed by atoms with van der Waals surface area (Å²) in [5.74, 6) is 1.91. The molecule has 1 saturated carbocycles. The second-order valence-electron chi connectivity index (χ2n) is 21.1. The first-order valence-electron chi connectivity index (χ1n) is 20.7. The first kappa shape index (κ1) is 39.0. The number of unbranched alkanes of at least 4 members (excludes halogenated alkanes) is 1. The van der Waals surface area contributed by atoms with Crippen molar-refractivity contribution in [2.24, 2.45) is 0 Å². The number of nitrogens with zero attached hydrogens (tertiary/aromatic N) is 4. The van der Waals surface area contributed by atoms with Crippen molar-refractivity contribution in [3.8, 4) is 11.5 Å². The Hall–Kier alpha value is -2.70. The Morgan fingerprint density at radius 3 is 1.73 bits per heavy atom. The van der Waals surface area contributed by atoms with E-state index in [-0.39, 0.29) is 16.2 Å². The minimum atomic E-state index is -1.01. The molecule has 1 spiro atoms. The molecule has 2 aromatic carbocycles. The van der Waals surface area contributed by atoms with Gasteiger partial charge in [-0.25, -0.2) is 0 Å². The van der Waals surface area contributed by atoms with Gasteiger partial charge in [0.25, 0.3) is 0 Å². The Kier molecular flexibility index (Phi) is 10.4. The van der Waals surface area contributed by atoms with Gasteiger partial charge in [0, 0.05) is 18.4 Å². The van der Waals surface area contributed by atoms with Crippen LogP contribution in [0.1, 0.15) is 147 Å². The van der Waals surface area contributed by atoms with Crippen molar-refractivity contribution >= 4 is 12.4 Å². The van der Waals surface area contributed by atoms with Gasteiger partial charge >= 0.3 is 6.03 Å². The van der Waals surface area contributed by atoms with Gasteiger partial charge in [-0.05, 0) is 90.5 Å². The van der Waals surface area contributed by atoms with Gasteiger partial charge in [0.1, 0.15) is 0 Å². The summed E-state index contributed by atoms with van der Waals surface area (Å²) in [5, 5.41) is 0. The molecule has 2 fully saturated rings. The van der Waals surface area contributed by atoms with Gasteiger partial charge in [-0.2, -0.15) is 0 Å². The Bertz CT molecular complexity index is 1670. The molecule has 3 atom stereocenters. The summed E-state index contributed by atoms with van der Waals surface area (Å²) in [5.41, 5.74) is 6.61. The highest BCUT2D eigenvalue weighted by molar-refractivity contribution is 5.84. The van der Waals surface area contributed by atoms with E-state index in [1.165, 1.54) is 98.7 Å². The summed E-state index contributed by atoms with van der Waals surface area (Å²) in [6.45, 7) is 18.6. The maximum absolute atomic E-state index is 7.41. The number of benzene rings is 2. The van der Waals surface area contributed by atoms with E-state index >= 15 is 0 Å². The minimum Gasteiger partial charge on any atom is -0.341 e. The van der Waals surface area contributed by atoms with Crippen molar-refractivity contribution in [1.82, 2.24) is 0 Å². The lowest BCUT2D eigenvalue weighted by atomic mass is 9.69. The summed E-state index contributed by atoms with van der Waals surface area (Å²) in [7, 11) is 14.0. The van der Waals surface area contributed by atoms with Crippen molar-refractivity contribution in [3.05, 3.63) is 58.1 Å². The Balaban J connectivity index is 1.46. The van der Waals surface area contributed by atoms with E-state index in [1.54, 1.807) is 0 Å². The number of hydrogen-bond donors (Lipinski definition) is 0. The molecule has 0 aromatic heterocycles. The molecule has 3 unspecified atom stereocenters. The summed E-state index contributed by atoms with van der Waals surface area (Å²) in [6, 6.07) is 11.7. The lowest BCUT2D eigenvalue weighted by Gasteiger charge is -2.38. The molecule has 1 saturated heterocycles. The monoisotopic (exact) mass is 715 g/mol. The molecule has 286 valence electrons. The summed E-state index contributed by atoms with van der Waals surface area (Å²) >= 11 is 0. The number of quaternary nitrogens is 2. The molecule has 3 heterocycles. The van der Waals surface area contributed by atoms with Crippen LogP contribution in [-0.4, -0.2) is 104 Å². The second kappa shape index (κ2) is 13.9. The third kappa shape index (κ3) is 7.76. The Labute approximate surface area is 317 Å². The van der Waals surface area contributed by atoms with Crippen LogP contribution in [0.2, 0.25) is 0 Å². The maximum Gasteiger partial charge on any atom is 0.704 e. The highest BCUT2D eigenvalue weighted by atomic mass is 16.7. The van der Waals surface area contributed by atoms with E-state index in [4.69, 9.17) is 9.47 Å². The van der Waals surface area contributed by atoms with Crippen LogP contribution in [0.4, 0.5) is 0 Å². The molecule has 4 aliphatic rings. The van der Waals surface area contributed by atoms with Crippen LogP contribution in [-0.2, 0) is 16.2 Å². The number of fused-ring (bicyclic) bond motifs is 5. The average Bonchev–Trinajstić information content (AvgIpc) is 3.30. The smallest absolute Gasteiger partial charge is 0.341 e. The first-order valence-corrected chi connectivity index (χ1v) is 20.7.